The predicted molar refractivity (Wildman–Crippen MR) is 84.8 cm³/mol. The summed E-state index contributed by atoms with van der Waals surface area (Å²) in [6.07, 6.45) is 6.75. The summed E-state index contributed by atoms with van der Waals surface area (Å²) < 4.78 is 14.1. The molecule has 0 aliphatic heterocycles. The molecule has 1 atom stereocenters. The standard InChI is InChI=1S/C18H25FN2O/c1-14(16-6-5-15(12-20)11-17(16)19)21-13-18(9-10-22)7-3-2-4-8-18/h5-6,11,14,21-22H,2-4,7-10,13H2,1H3. The van der Waals surface area contributed by atoms with Gasteiger partial charge in [-0.25, -0.2) is 4.39 Å². The van der Waals surface area contributed by atoms with Gasteiger partial charge in [-0.1, -0.05) is 25.3 Å². The third kappa shape index (κ3) is 4.06. The third-order valence-corrected chi connectivity index (χ3v) is 4.94. The predicted octanol–water partition coefficient (Wildman–Crippen LogP) is 3.68. The largest absolute Gasteiger partial charge is 0.396 e. The number of nitriles is 1. The van der Waals surface area contributed by atoms with Crippen molar-refractivity contribution in [2.75, 3.05) is 13.2 Å². The van der Waals surface area contributed by atoms with Gasteiger partial charge in [-0.15, -0.1) is 0 Å². The normalized spacial score (nSPS) is 18.6. The van der Waals surface area contributed by atoms with Crippen molar-refractivity contribution in [1.82, 2.24) is 5.32 Å². The minimum Gasteiger partial charge on any atom is -0.396 e. The van der Waals surface area contributed by atoms with Crippen LogP contribution in [0.4, 0.5) is 4.39 Å². The lowest BCUT2D eigenvalue weighted by molar-refractivity contribution is 0.123. The molecule has 0 saturated heterocycles. The molecule has 22 heavy (non-hydrogen) atoms. The fourth-order valence-corrected chi connectivity index (χ4v) is 3.48. The van der Waals surface area contributed by atoms with E-state index in [-0.39, 0.29) is 23.9 Å². The third-order valence-electron chi connectivity index (χ3n) is 4.94. The summed E-state index contributed by atoms with van der Waals surface area (Å²) in [4.78, 5) is 0. The highest BCUT2D eigenvalue weighted by atomic mass is 19.1. The van der Waals surface area contributed by atoms with E-state index in [4.69, 9.17) is 5.26 Å². The zero-order valence-electron chi connectivity index (χ0n) is 13.2. The first-order chi connectivity index (χ1) is 10.6. The summed E-state index contributed by atoms with van der Waals surface area (Å²) in [5.41, 5.74) is 1.08. The first kappa shape index (κ1) is 16.9. The van der Waals surface area contributed by atoms with Crippen LogP contribution in [0.15, 0.2) is 18.2 Å². The number of aliphatic hydroxyl groups excluding tert-OH is 1. The van der Waals surface area contributed by atoms with Gasteiger partial charge in [0, 0.05) is 24.8 Å². The summed E-state index contributed by atoms with van der Waals surface area (Å²) in [5.74, 6) is -0.334. The Morgan fingerprint density at radius 1 is 1.36 bits per heavy atom. The van der Waals surface area contributed by atoms with Gasteiger partial charge in [0.05, 0.1) is 11.6 Å². The van der Waals surface area contributed by atoms with Crippen LogP contribution in [0.25, 0.3) is 0 Å². The monoisotopic (exact) mass is 304 g/mol. The molecular weight excluding hydrogens is 279 g/mol. The summed E-state index contributed by atoms with van der Waals surface area (Å²) in [7, 11) is 0. The number of hydrogen-bond acceptors (Lipinski definition) is 3. The zero-order valence-corrected chi connectivity index (χ0v) is 13.2. The van der Waals surface area contributed by atoms with Crippen LogP contribution in [-0.4, -0.2) is 18.3 Å². The van der Waals surface area contributed by atoms with Crippen LogP contribution in [0.5, 0.6) is 0 Å². The van der Waals surface area contributed by atoms with Crippen molar-refractivity contribution in [3.8, 4) is 6.07 Å². The number of nitrogens with one attached hydrogen (secondary N) is 1. The van der Waals surface area contributed by atoms with Crippen LogP contribution in [0.3, 0.4) is 0 Å². The van der Waals surface area contributed by atoms with Gasteiger partial charge in [0.2, 0.25) is 0 Å². The van der Waals surface area contributed by atoms with Crippen LogP contribution >= 0.6 is 0 Å². The number of nitrogens with zero attached hydrogens (tertiary/aromatic N) is 1. The van der Waals surface area contributed by atoms with Gasteiger partial charge in [-0.05, 0) is 43.7 Å². The SMILES string of the molecule is CC(NCC1(CCO)CCCCC1)c1ccc(C#N)cc1F. The molecule has 0 radical (unpaired) electrons. The second-order valence-electron chi connectivity index (χ2n) is 6.48. The first-order valence-corrected chi connectivity index (χ1v) is 8.14. The molecule has 1 aliphatic carbocycles. The Hall–Kier alpha value is -1.44. The fraction of sp³-hybridized carbons (Fsp3) is 0.611. The highest BCUT2D eigenvalue weighted by Crippen LogP contribution is 2.39. The maximum absolute atomic E-state index is 14.1. The van der Waals surface area contributed by atoms with E-state index in [0.29, 0.717) is 11.1 Å². The Bertz CT molecular complexity index is 527. The first-order valence-electron chi connectivity index (χ1n) is 8.14. The Morgan fingerprint density at radius 2 is 2.09 bits per heavy atom. The minimum absolute atomic E-state index is 0.106. The lowest BCUT2D eigenvalue weighted by Crippen LogP contribution is -2.38. The van der Waals surface area contributed by atoms with E-state index >= 15 is 0 Å². The van der Waals surface area contributed by atoms with Crippen molar-refractivity contribution in [3.63, 3.8) is 0 Å². The minimum atomic E-state index is -0.334. The highest BCUT2D eigenvalue weighted by molar-refractivity contribution is 5.34. The molecule has 1 aromatic carbocycles. The second-order valence-corrected chi connectivity index (χ2v) is 6.48. The summed E-state index contributed by atoms with van der Waals surface area (Å²) >= 11 is 0. The van der Waals surface area contributed by atoms with Crippen LogP contribution in [0.1, 0.15) is 62.6 Å². The maximum Gasteiger partial charge on any atom is 0.129 e. The summed E-state index contributed by atoms with van der Waals surface area (Å²) in [6, 6.07) is 6.47. The molecule has 2 N–H and O–H groups in total. The van der Waals surface area contributed by atoms with Crippen molar-refractivity contribution < 1.29 is 9.50 Å². The summed E-state index contributed by atoms with van der Waals surface area (Å²) in [6.45, 7) is 2.95. The van der Waals surface area contributed by atoms with Crippen molar-refractivity contribution in [1.29, 1.82) is 5.26 Å². The molecule has 1 aliphatic rings. The zero-order chi connectivity index (χ0) is 16.0. The molecule has 1 unspecified atom stereocenters. The van der Waals surface area contributed by atoms with Gasteiger partial charge in [0.1, 0.15) is 5.82 Å². The van der Waals surface area contributed by atoms with E-state index < -0.39 is 0 Å². The topological polar surface area (TPSA) is 56.0 Å². The maximum atomic E-state index is 14.1. The molecule has 1 saturated carbocycles. The Labute approximate surface area is 132 Å². The van der Waals surface area contributed by atoms with E-state index in [0.717, 1.165) is 25.8 Å². The van der Waals surface area contributed by atoms with Crippen molar-refractivity contribution >= 4 is 0 Å². The van der Waals surface area contributed by atoms with Crippen LogP contribution in [0.2, 0.25) is 0 Å². The number of rotatable bonds is 6. The summed E-state index contributed by atoms with van der Waals surface area (Å²) in [5, 5.41) is 21.6. The molecule has 0 heterocycles. The molecule has 0 bridgehead atoms. The number of benzene rings is 1. The highest BCUT2D eigenvalue weighted by Gasteiger charge is 2.31. The van der Waals surface area contributed by atoms with E-state index in [1.165, 1.54) is 25.3 Å². The molecule has 0 amide bonds. The van der Waals surface area contributed by atoms with E-state index in [1.54, 1.807) is 12.1 Å². The number of halogens is 1. The Balaban J connectivity index is 2.01. The van der Waals surface area contributed by atoms with Crippen molar-refractivity contribution in [2.45, 2.75) is 51.5 Å². The van der Waals surface area contributed by atoms with Crippen LogP contribution in [0, 0.1) is 22.6 Å². The second kappa shape index (κ2) is 7.71. The molecular formula is C18H25FN2O. The molecule has 4 heteroatoms. The van der Waals surface area contributed by atoms with Gasteiger partial charge < -0.3 is 10.4 Å². The Kier molecular flexibility index (Phi) is 5.93. The number of aliphatic hydroxyl groups is 1. The molecule has 1 fully saturated rings. The van der Waals surface area contributed by atoms with Gasteiger partial charge in [-0.3, -0.25) is 0 Å². The van der Waals surface area contributed by atoms with Gasteiger partial charge in [0.15, 0.2) is 0 Å². The Morgan fingerprint density at radius 3 is 2.68 bits per heavy atom. The number of hydrogen-bond donors (Lipinski definition) is 2. The van der Waals surface area contributed by atoms with Crippen molar-refractivity contribution in [3.05, 3.63) is 35.1 Å². The lowest BCUT2D eigenvalue weighted by Gasteiger charge is -2.38. The smallest absolute Gasteiger partial charge is 0.129 e. The molecule has 3 nitrogen and oxygen atoms in total. The van der Waals surface area contributed by atoms with Crippen LogP contribution in [-0.2, 0) is 0 Å². The van der Waals surface area contributed by atoms with E-state index in [9.17, 15) is 9.50 Å². The van der Waals surface area contributed by atoms with Gasteiger partial charge in [-0.2, -0.15) is 5.26 Å². The fourth-order valence-electron chi connectivity index (χ4n) is 3.48. The average Bonchev–Trinajstić information content (AvgIpc) is 2.54. The molecule has 1 aromatic rings. The van der Waals surface area contributed by atoms with E-state index in [2.05, 4.69) is 5.32 Å². The van der Waals surface area contributed by atoms with E-state index in [1.807, 2.05) is 13.0 Å². The average molecular weight is 304 g/mol. The molecule has 0 spiro atoms. The molecule has 0 aromatic heterocycles. The quantitative estimate of drug-likeness (QED) is 0.843. The van der Waals surface area contributed by atoms with Crippen molar-refractivity contribution in [2.24, 2.45) is 5.41 Å². The molecule has 120 valence electrons. The van der Waals surface area contributed by atoms with Crippen LogP contribution < -0.4 is 5.32 Å². The van der Waals surface area contributed by atoms with Gasteiger partial charge >= 0.3 is 0 Å². The lowest BCUT2D eigenvalue weighted by atomic mass is 9.72. The van der Waals surface area contributed by atoms with Gasteiger partial charge in [0.25, 0.3) is 0 Å². The molecule has 2 rings (SSSR count).